The van der Waals surface area contributed by atoms with Crippen molar-refractivity contribution >= 4 is 17.8 Å². The maximum absolute atomic E-state index is 3.83. The number of rotatable bonds is 1. The highest BCUT2D eigenvalue weighted by Crippen LogP contribution is 2.44. The highest BCUT2D eigenvalue weighted by Gasteiger charge is 2.36. The third-order valence-corrected chi connectivity index (χ3v) is 6.41. The fourth-order valence-electron chi connectivity index (χ4n) is 5.10. The zero-order valence-electron chi connectivity index (χ0n) is 14.7. The van der Waals surface area contributed by atoms with Crippen molar-refractivity contribution < 1.29 is 0 Å². The molecule has 1 aromatic heterocycles. The van der Waals surface area contributed by atoms with Gasteiger partial charge in [-0.15, -0.1) is 0 Å². The van der Waals surface area contributed by atoms with E-state index >= 15 is 0 Å². The van der Waals surface area contributed by atoms with Gasteiger partial charge in [0.25, 0.3) is 0 Å². The highest BCUT2D eigenvalue weighted by atomic mass is 15.2. The number of benzene rings is 1. The third-order valence-electron chi connectivity index (χ3n) is 6.41. The Hall–Kier alpha value is -2.74. The fraction of sp³-hybridized carbons (Fsp3) is 0.250. The van der Waals surface area contributed by atoms with Crippen LogP contribution in [-0.2, 0) is 6.42 Å². The average Bonchev–Trinajstić information content (AvgIpc) is 3.28. The maximum Gasteiger partial charge on any atom is 0.0638 e. The first-order chi connectivity index (χ1) is 12.9. The number of para-hydroxylation sites is 1. The summed E-state index contributed by atoms with van der Waals surface area (Å²) in [5.41, 5.74) is 8.46. The van der Waals surface area contributed by atoms with Crippen molar-refractivity contribution in [3.05, 3.63) is 88.9 Å². The molecule has 0 amide bonds. The molecule has 0 fully saturated rings. The molecule has 4 aliphatic rings. The summed E-state index contributed by atoms with van der Waals surface area (Å²) in [6, 6.07) is 11.1. The largest absolute Gasteiger partial charge is 0.361 e. The van der Waals surface area contributed by atoms with Gasteiger partial charge in [0.1, 0.15) is 0 Å². The van der Waals surface area contributed by atoms with E-state index in [9.17, 15) is 0 Å². The molecule has 1 N–H and O–H groups in total. The Labute approximate surface area is 154 Å². The molecule has 3 atom stereocenters. The second-order valence-corrected chi connectivity index (χ2v) is 7.83. The lowest BCUT2D eigenvalue weighted by atomic mass is 9.79. The summed E-state index contributed by atoms with van der Waals surface area (Å²) in [4.78, 5) is 6.23. The van der Waals surface area contributed by atoms with Crippen molar-refractivity contribution in [3.8, 4) is 0 Å². The van der Waals surface area contributed by atoms with Gasteiger partial charge in [-0.25, -0.2) is 0 Å². The molecule has 128 valence electrons. The van der Waals surface area contributed by atoms with E-state index < -0.39 is 0 Å². The molecule has 0 saturated heterocycles. The summed E-state index contributed by atoms with van der Waals surface area (Å²) in [6.45, 7) is 0. The van der Waals surface area contributed by atoms with E-state index in [1.165, 1.54) is 46.6 Å². The SMILES string of the molecule is C1=CC2=Cc3c([nH]c4c3C=CC3C4C=CN3c3ccccc3)CC2CC1. The number of anilines is 1. The molecule has 3 unspecified atom stereocenters. The lowest BCUT2D eigenvalue weighted by Crippen LogP contribution is -2.30. The number of fused-ring (bicyclic) bond motifs is 6. The Kier molecular flexibility index (Phi) is 2.98. The molecular formula is C24H22N2. The lowest BCUT2D eigenvalue weighted by Gasteiger charge is -2.30. The Balaban J connectivity index is 1.41. The summed E-state index contributed by atoms with van der Waals surface area (Å²) < 4.78 is 0. The molecule has 6 rings (SSSR count). The number of nitrogens with one attached hydrogen (secondary N) is 1. The number of aromatic nitrogens is 1. The number of nitrogens with zero attached hydrogens (tertiary/aromatic N) is 1. The van der Waals surface area contributed by atoms with Crippen LogP contribution in [-0.4, -0.2) is 11.0 Å². The molecule has 3 aliphatic carbocycles. The first-order valence-corrected chi connectivity index (χ1v) is 9.71. The van der Waals surface area contributed by atoms with Crippen LogP contribution in [0.15, 0.2) is 66.4 Å². The highest BCUT2D eigenvalue weighted by molar-refractivity contribution is 5.77. The molecule has 2 aromatic rings. The van der Waals surface area contributed by atoms with Gasteiger partial charge in [0.15, 0.2) is 0 Å². The molecule has 0 bridgehead atoms. The van der Waals surface area contributed by atoms with Gasteiger partial charge in [0.2, 0.25) is 0 Å². The van der Waals surface area contributed by atoms with Crippen molar-refractivity contribution in [1.29, 1.82) is 0 Å². The second kappa shape index (κ2) is 5.38. The third kappa shape index (κ3) is 1.99. The van der Waals surface area contributed by atoms with Gasteiger partial charge in [0, 0.05) is 40.3 Å². The van der Waals surface area contributed by atoms with Crippen LogP contribution in [0.2, 0.25) is 0 Å². The van der Waals surface area contributed by atoms with E-state index in [-0.39, 0.29) is 0 Å². The smallest absolute Gasteiger partial charge is 0.0638 e. The number of H-pyrrole nitrogens is 1. The number of hydrogen-bond donors (Lipinski definition) is 1. The van der Waals surface area contributed by atoms with E-state index in [0.29, 0.717) is 17.9 Å². The fourth-order valence-corrected chi connectivity index (χ4v) is 5.10. The van der Waals surface area contributed by atoms with Crippen LogP contribution in [0.4, 0.5) is 5.69 Å². The summed E-state index contributed by atoms with van der Waals surface area (Å²) in [6.07, 6.45) is 20.1. The maximum atomic E-state index is 3.83. The predicted molar refractivity (Wildman–Crippen MR) is 108 cm³/mol. The molecule has 2 heteroatoms. The van der Waals surface area contributed by atoms with Crippen molar-refractivity contribution in [2.45, 2.75) is 31.2 Å². The summed E-state index contributed by atoms with van der Waals surface area (Å²) >= 11 is 0. The van der Waals surface area contributed by atoms with Gasteiger partial charge in [0.05, 0.1) is 6.04 Å². The molecule has 26 heavy (non-hydrogen) atoms. The number of hydrogen-bond acceptors (Lipinski definition) is 1. The predicted octanol–water partition coefficient (Wildman–Crippen LogP) is 5.43. The van der Waals surface area contributed by atoms with Gasteiger partial charge in [-0.1, -0.05) is 48.6 Å². The summed E-state index contributed by atoms with van der Waals surface area (Å²) in [7, 11) is 0. The molecule has 2 nitrogen and oxygen atoms in total. The Bertz CT molecular complexity index is 987. The number of aromatic amines is 1. The van der Waals surface area contributed by atoms with Crippen LogP contribution < -0.4 is 4.90 Å². The van der Waals surface area contributed by atoms with Gasteiger partial charge in [-0.05, 0) is 49.0 Å². The minimum Gasteiger partial charge on any atom is -0.361 e. The van der Waals surface area contributed by atoms with Crippen LogP contribution in [0.25, 0.3) is 12.2 Å². The Morgan fingerprint density at radius 3 is 2.85 bits per heavy atom. The first kappa shape index (κ1) is 14.4. The van der Waals surface area contributed by atoms with Gasteiger partial charge >= 0.3 is 0 Å². The molecule has 2 heterocycles. The standard InChI is InChI=1S/C24H22N2/c1-2-8-18(9-3-1)26-13-12-20-23(26)11-10-19-21-14-16-6-4-5-7-17(16)15-22(21)25-24(19)20/h1-4,6,8-14,17,20,23,25H,5,7,15H2. The molecule has 0 spiro atoms. The summed E-state index contributed by atoms with van der Waals surface area (Å²) in [5, 5.41) is 0. The van der Waals surface area contributed by atoms with Gasteiger partial charge < -0.3 is 9.88 Å². The minimum atomic E-state index is 0.375. The minimum absolute atomic E-state index is 0.375. The molecule has 0 saturated carbocycles. The van der Waals surface area contributed by atoms with E-state index in [1.54, 1.807) is 0 Å². The Morgan fingerprint density at radius 1 is 1.00 bits per heavy atom. The second-order valence-electron chi connectivity index (χ2n) is 7.83. The van der Waals surface area contributed by atoms with Crippen molar-refractivity contribution in [2.75, 3.05) is 4.90 Å². The quantitative estimate of drug-likeness (QED) is 0.734. The monoisotopic (exact) mass is 338 g/mol. The van der Waals surface area contributed by atoms with E-state index in [2.05, 4.69) is 82.9 Å². The molecule has 0 radical (unpaired) electrons. The number of allylic oxidation sites excluding steroid dienone is 3. The van der Waals surface area contributed by atoms with E-state index in [0.717, 1.165) is 6.42 Å². The van der Waals surface area contributed by atoms with Crippen LogP contribution in [0.1, 0.15) is 41.3 Å². The van der Waals surface area contributed by atoms with Crippen LogP contribution >= 0.6 is 0 Å². The van der Waals surface area contributed by atoms with Crippen molar-refractivity contribution in [2.24, 2.45) is 5.92 Å². The molecule has 1 aromatic carbocycles. The molecular weight excluding hydrogens is 316 g/mol. The van der Waals surface area contributed by atoms with Crippen molar-refractivity contribution in [1.82, 2.24) is 4.98 Å². The van der Waals surface area contributed by atoms with Crippen LogP contribution in [0.3, 0.4) is 0 Å². The Morgan fingerprint density at radius 2 is 1.92 bits per heavy atom. The lowest BCUT2D eigenvalue weighted by molar-refractivity contribution is 0.550. The first-order valence-electron chi connectivity index (χ1n) is 9.71. The van der Waals surface area contributed by atoms with Gasteiger partial charge in [-0.2, -0.15) is 0 Å². The topological polar surface area (TPSA) is 19.0 Å². The average molecular weight is 338 g/mol. The normalized spacial score (nSPS) is 27.6. The van der Waals surface area contributed by atoms with E-state index in [4.69, 9.17) is 0 Å². The van der Waals surface area contributed by atoms with Gasteiger partial charge in [-0.3, -0.25) is 0 Å². The summed E-state index contributed by atoms with van der Waals surface area (Å²) in [5.74, 6) is 1.11. The van der Waals surface area contributed by atoms with Crippen LogP contribution in [0.5, 0.6) is 0 Å². The molecule has 1 aliphatic heterocycles. The van der Waals surface area contributed by atoms with Crippen molar-refractivity contribution in [3.63, 3.8) is 0 Å². The zero-order chi connectivity index (χ0) is 17.1. The zero-order valence-corrected chi connectivity index (χ0v) is 14.7. The van der Waals surface area contributed by atoms with Crippen LogP contribution in [0, 0.1) is 5.92 Å². The van der Waals surface area contributed by atoms with E-state index in [1.807, 2.05) is 0 Å².